The van der Waals surface area contributed by atoms with Gasteiger partial charge in [0.05, 0.1) is 0 Å². The third-order valence-corrected chi connectivity index (χ3v) is 2.82. The summed E-state index contributed by atoms with van der Waals surface area (Å²) in [6.45, 7) is 5.25. The number of nitrogens with zero attached hydrogens (tertiary/aromatic N) is 3. The van der Waals surface area contributed by atoms with E-state index in [9.17, 15) is 4.79 Å². The minimum atomic E-state index is -0.0450. The Balaban J connectivity index is 2.99. The molecular weight excluding hydrogens is 204 g/mol. The first-order valence-electron chi connectivity index (χ1n) is 5.60. The molecule has 90 valence electrons. The van der Waals surface area contributed by atoms with E-state index in [0.29, 0.717) is 18.9 Å². The van der Waals surface area contributed by atoms with Crippen molar-refractivity contribution in [1.29, 1.82) is 0 Å². The van der Waals surface area contributed by atoms with Crippen molar-refractivity contribution < 1.29 is 0 Å². The maximum absolute atomic E-state index is 12.0. The second-order valence-electron chi connectivity index (χ2n) is 3.88. The maximum atomic E-state index is 12.0. The van der Waals surface area contributed by atoms with Crippen molar-refractivity contribution >= 4 is 5.82 Å². The van der Waals surface area contributed by atoms with Gasteiger partial charge in [-0.05, 0) is 26.8 Å². The number of hydrogen-bond acceptors (Lipinski definition) is 4. The maximum Gasteiger partial charge on any atom is 0.293 e. The molecule has 2 N–H and O–H groups in total. The van der Waals surface area contributed by atoms with Crippen LogP contribution in [0.15, 0.2) is 17.2 Å². The second kappa shape index (κ2) is 5.65. The number of aryl methyl sites for hydroxylation is 1. The summed E-state index contributed by atoms with van der Waals surface area (Å²) in [5.74, 6) is 0.491. The quantitative estimate of drug-likeness (QED) is 0.788. The van der Waals surface area contributed by atoms with Crippen molar-refractivity contribution in [2.24, 2.45) is 5.73 Å². The normalized spacial score (nSPS) is 12.5. The van der Waals surface area contributed by atoms with Crippen LogP contribution in [0.5, 0.6) is 0 Å². The molecule has 0 bridgehead atoms. The zero-order valence-corrected chi connectivity index (χ0v) is 10.2. The largest absolute Gasteiger partial charge is 0.352 e. The Kier molecular flexibility index (Phi) is 4.49. The summed E-state index contributed by atoms with van der Waals surface area (Å²) in [5, 5.41) is 0. The van der Waals surface area contributed by atoms with Gasteiger partial charge in [-0.1, -0.05) is 0 Å². The van der Waals surface area contributed by atoms with Gasteiger partial charge >= 0.3 is 0 Å². The van der Waals surface area contributed by atoms with Crippen LogP contribution < -0.4 is 16.2 Å². The van der Waals surface area contributed by atoms with Crippen molar-refractivity contribution in [2.75, 3.05) is 18.5 Å². The van der Waals surface area contributed by atoms with Gasteiger partial charge in [0, 0.05) is 32.0 Å². The van der Waals surface area contributed by atoms with Crippen LogP contribution in [-0.2, 0) is 6.54 Å². The number of nitrogens with two attached hydrogens (primary N) is 1. The molecule has 0 aliphatic heterocycles. The molecule has 1 aromatic heterocycles. The van der Waals surface area contributed by atoms with Crippen LogP contribution in [0.3, 0.4) is 0 Å². The van der Waals surface area contributed by atoms with E-state index in [0.717, 1.165) is 6.42 Å². The fourth-order valence-corrected chi connectivity index (χ4v) is 1.57. The van der Waals surface area contributed by atoms with Crippen molar-refractivity contribution in [3.05, 3.63) is 22.7 Å². The van der Waals surface area contributed by atoms with Crippen LogP contribution >= 0.6 is 0 Å². The summed E-state index contributed by atoms with van der Waals surface area (Å²) in [6, 6.07) is 0.220. The van der Waals surface area contributed by atoms with Crippen molar-refractivity contribution in [3.8, 4) is 0 Å². The van der Waals surface area contributed by atoms with Gasteiger partial charge in [0.25, 0.3) is 5.56 Å². The average molecular weight is 224 g/mol. The molecule has 0 amide bonds. The lowest BCUT2D eigenvalue weighted by Gasteiger charge is -2.25. The molecule has 0 saturated carbocycles. The highest BCUT2D eigenvalue weighted by atomic mass is 16.1. The van der Waals surface area contributed by atoms with Crippen LogP contribution in [0.25, 0.3) is 0 Å². The topological polar surface area (TPSA) is 64.2 Å². The molecule has 1 unspecified atom stereocenters. The molecular formula is C11H20N4O. The molecule has 0 fully saturated rings. The molecule has 1 aromatic rings. The van der Waals surface area contributed by atoms with E-state index >= 15 is 0 Å². The summed E-state index contributed by atoms with van der Waals surface area (Å²) in [4.78, 5) is 18.0. The van der Waals surface area contributed by atoms with Crippen molar-refractivity contribution in [3.63, 3.8) is 0 Å². The SMILES string of the molecule is CCn1ccnc(N(C)C(C)CCN)c1=O. The number of anilines is 1. The van der Waals surface area contributed by atoms with Gasteiger partial charge in [0.1, 0.15) is 0 Å². The Morgan fingerprint density at radius 1 is 1.62 bits per heavy atom. The van der Waals surface area contributed by atoms with E-state index in [2.05, 4.69) is 4.98 Å². The van der Waals surface area contributed by atoms with Crippen LogP contribution in [0.1, 0.15) is 20.3 Å². The van der Waals surface area contributed by atoms with Crippen LogP contribution in [0, 0.1) is 0 Å². The van der Waals surface area contributed by atoms with E-state index in [1.807, 2.05) is 25.8 Å². The van der Waals surface area contributed by atoms with Gasteiger partial charge in [-0.3, -0.25) is 4.79 Å². The van der Waals surface area contributed by atoms with Gasteiger partial charge in [0.2, 0.25) is 0 Å². The molecule has 5 heteroatoms. The fraction of sp³-hybridized carbons (Fsp3) is 0.636. The predicted molar refractivity (Wildman–Crippen MR) is 65.7 cm³/mol. The zero-order chi connectivity index (χ0) is 12.1. The summed E-state index contributed by atoms with van der Waals surface area (Å²) in [7, 11) is 1.88. The van der Waals surface area contributed by atoms with Gasteiger partial charge in [0.15, 0.2) is 5.82 Å². The Labute approximate surface area is 95.9 Å². The Morgan fingerprint density at radius 2 is 2.31 bits per heavy atom. The zero-order valence-electron chi connectivity index (χ0n) is 10.2. The summed E-state index contributed by atoms with van der Waals surface area (Å²) in [6.07, 6.45) is 4.21. The average Bonchev–Trinajstić information content (AvgIpc) is 2.29. The first-order chi connectivity index (χ1) is 7.61. The Hall–Kier alpha value is -1.36. The molecule has 0 aliphatic carbocycles. The molecule has 0 saturated heterocycles. The Bertz CT molecular complexity index is 388. The minimum absolute atomic E-state index is 0.0450. The molecule has 5 nitrogen and oxygen atoms in total. The van der Waals surface area contributed by atoms with Crippen molar-refractivity contribution in [1.82, 2.24) is 9.55 Å². The van der Waals surface area contributed by atoms with Gasteiger partial charge < -0.3 is 15.2 Å². The molecule has 1 rings (SSSR count). The summed E-state index contributed by atoms with van der Waals surface area (Å²) in [5.41, 5.74) is 5.46. The van der Waals surface area contributed by atoms with Gasteiger partial charge in [-0.2, -0.15) is 0 Å². The van der Waals surface area contributed by atoms with Crippen LogP contribution in [0.2, 0.25) is 0 Å². The number of rotatable bonds is 5. The van der Waals surface area contributed by atoms with E-state index in [1.165, 1.54) is 0 Å². The molecule has 1 atom stereocenters. The first-order valence-corrected chi connectivity index (χ1v) is 5.60. The molecule has 0 aliphatic rings. The highest BCUT2D eigenvalue weighted by Crippen LogP contribution is 2.07. The van der Waals surface area contributed by atoms with E-state index in [1.54, 1.807) is 17.0 Å². The molecule has 0 radical (unpaired) electrons. The third kappa shape index (κ3) is 2.61. The van der Waals surface area contributed by atoms with Gasteiger partial charge in [-0.25, -0.2) is 4.98 Å². The molecule has 0 aromatic carbocycles. The smallest absolute Gasteiger partial charge is 0.293 e. The summed E-state index contributed by atoms with van der Waals surface area (Å²) < 4.78 is 1.65. The monoisotopic (exact) mass is 224 g/mol. The highest BCUT2D eigenvalue weighted by molar-refractivity contribution is 5.35. The lowest BCUT2D eigenvalue weighted by atomic mass is 10.2. The first kappa shape index (κ1) is 12.7. The van der Waals surface area contributed by atoms with Crippen molar-refractivity contribution in [2.45, 2.75) is 32.9 Å². The lowest BCUT2D eigenvalue weighted by Crippen LogP contribution is -2.37. The summed E-state index contributed by atoms with van der Waals surface area (Å²) >= 11 is 0. The standard InChI is InChI=1S/C11H20N4O/c1-4-15-8-7-13-10(11(15)16)14(3)9(2)5-6-12/h7-9H,4-6,12H2,1-3H3. The lowest BCUT2D eigenvalue weighted by molar-refractivity contribution is 0.617. The molecule has 0 spiro atoms. The number of hydrogen-bond donors (Lipinski definition) is 1. The third-order valence-electron chi connectivity index (χ3n) is 2.82. The van der Waals surface area contributed by atoms with Crippen LogP contribution in [-0.4, -0.2) is 29.2 Å². The predicted octanol–water partition coefficient (Wildman–Crippen LogP) is 0.437. The molecule has 1 heterocycles. The minimum Gasteiger partial charge on any atom is -0.352 e. The van der Waals surface area contributed by atoms with Gasteiger partial charge in [-0.15, -0.1) is 0 Å². The van der Waals surface area contributed by atoms with E-state index < -0.39 is 0 Å². The Morgan fingerprint density at radius 3 is 2.88 bits per heavy atom. The van der Waals surface area contributed by atoms with Crippen LogP contribution in [0.4, 0.5) is 5.82 Å². The molecule has 16 heavy (non-hydrogen) atoms. The number of aromatic nitrogens is 2. The van der Waals surface area contributed by atoms with E-state index in [-0.39, 0.29) is 11.6 Å². The highest BCUT2D eigenvalue weighted by Gasteiger charge is 2.14. The fourth-order valence-electron chi connectivity index (χ4n) is 1.57. The van der Waals surface area contributed by atoms with E-state index in [4.69, 9.17) is 5.73 Å². The second-order valence-corrected chi connectivity index (χ2v) is 3.88.